The second-order valence-corrected chi connectivity index (χ2v) is 7.06. The van der Waals surface area contributed by atoms with Crippen molar-refractivity contribution < 1.29 is 18.6 Å². The molecule has 7 heteroatoms. The van der Waals surface area contributed by atoms with Gasteiger partial charge in [0.05, 0.1) is 0 Å². The van der Waals surface area contributed by atoms with Gasteiger partial charge in [0.25, 0.3) is 0 Å². The second kappa shape index (κ2) is 15.6. The monoisotopic (exact) mass is 378 g/mol. The molecule has 0 aliphatic carbocycles. The molecular formula is C17H39N6V-3. The van der Waals surface area contributed by atoms with Crippen LogP contribution in [0.5, 0.6) is 0 Å². The molecule has 0 saturated heterocycles. The van der Waals surface area contributed by atoms with Crippen molar-refractivity contribution in [3.63, 3.8) is 0 Å². The third kappa shape index (κ3) is 11.1. The number of rotatable bonds is 15. The van der Waals surface area contributed by atoms with E-state index in [9.17, 15) is 0 Å². The second-order valence-electron chi connectivity index (χ2n) is 7.06. The molecule has 1 radical (unpaired) electrons. The van der Waals surface area contributed by atoms with Crippen LogP contribution < -0.4 is 31.9 Å². The Morgan fingerprint density at radius 2 is 0.875 bits per heavy atom. The fourth-order valence-electron chi connectivity index (χ4n) is 2.50. The molecule has 0 unspecified atom stereocenters. The van der Waals surface area contributed by atoms with Crippen LogP contribution in [0.4, 0.5) is 0 Å². The van der Waals surface area contributed by atoms with Gasteiger partial charge in [-0.2, -0.15) is 0 Å². The number of nitrogens with one attached hydrogen (secondary N) is 6. The van der Waals surface area contributed by atoms with Gasteiger partial charge >= 0.3 is 0 Å². The fourth-order valence-corrected chi connectivity index (χ4v) is 2.50. The standard InChI is InChI=1S/C17H39N6.V/c1-16(2,3)17(13-21-10-7-18-4,14-22-11-8-19-5)15-23-12-9-20-6;/h18-23H,4-15H2,1-3H3;/q-3;. The van der Waals surface area contributed by atoms with Crippen molar-refractivity contribution in [2.24, 2.45) is 10.8 Å². The zero-order valence-electron chi connectivity index (χ0n) is 15.9. The van der Waals surface area contributed by atoms with Crippen LogP contribution in [0.2, 0.25) is 0 Å². The molecule has 0 heterocycles. The zero-order chi connectivity index (χ0) is 17.6. The van der Waals surface area contributed by atoms with Gasteiger partial charge in [0.2, 0.25) is 0 Å². The van der Waals surface area contributed by atoms with E-state index in [1.165, 1.54) is 0 Å². The van der Waals surface area contributed by atoms with E-state index in [4.69, 9.17) is 0 Å². The molecule has 0 aromatic rings. The molecule has 24 heavy (non-hydrogen) atoms. The number of hydrogen-bond donors (Lipinski definition) is 6. The zero-order valence-corrected chi connectivity index (χ0v) is 17.3. The van der Waals surface area contributed by atoms with Gasteiger partial charge in [-0.25, -0.2) is 0 Å². The van der Waals surface area contributed by atoms with E-state index < -0.39 is 0 Å². The molecule has 0 saturated carbocycles. The quantitative estimate of drug-likeness (QED) is 0.177. The maximum absolute atomic E-state index is 3.67. The SMILES string of the molecule is [CH2-]NCCNCC(CNCCN[CH2-])(CNCCN[CH2-])C(C)(C)C.[V]. The van der Waals surface area contributed by atoms with Crippen molar-refractivity contribution in [1.29, 1.82) is 0 Å². The molecule has 0 atom stereocenters. The summed E-state index contributed by atoms with van der Waals surface area (Å²) < 4.78 is 0. The Kier molecular flexibility index (Phi) is 17.3. The molecule has 0 aliphatic rings. The van der Waals surface area contributed by atoms with Crippen molar-refractivity contribution in [1.82, 2.24) is 31.9 Å². The van der Waals surface area contributed by atoms with Crippen molar-refractivity contribution in [3.8, 4) is 0 Å². The van der Waals surface area contributed by atoms with Crippen molar-refractivity contribution in [2.45, 2.75) is 20.8 Å². The van der Waals surface area contributed by atoms with Crippen LogP contribution in [-0.4, -0.2) is 58.9 Å². The molecule has 0 amide bonds. The summed E-state index contributed by atoms with van der Waals surface area (Å²) in [6.07, 6.45) is 0. The molecule has 0 aromatic carbocycles. The van der Waals surface area contributed by atoms with Gasteiger partial charge in [-0.3, -0.25) is 21.1 Å². The van der Waals surface area contributed by atoms with Crippen LogP contribution in [0.1, 0.15) is 20.8 Å². The molecule has 6 N–H and O–H groups in total. The third-order valence-corrected chi connectivity index (χ3v) is 4.42. The maximum atomic E-state index is 3.67. The van der Waals surface area contributed by atoms with Gasteiger partial charge in [0.1, 0.15) is 0 Å². The van der Waals surface area contributed by atoms with E-state index in [0.717, 1.165) is 58.9 Å². The van der Waals surface area contributed by atoms with Crippen LogP contribution in [-0.2, 0) is 18.6 Å². The minimum absolute atomic E-state index is 0. The summed E-state index contributed by atoms with van der Waals surface area (Å²) in [5.41, 5.74) is 0.268. The third-order valence-electron chi connectivity index (χ3n) is 4.42. The molecule has 0 fully saturated rings. The van der Waals surface area contributed by atoms with Crippen molar-refractivity contribution in [3.05, 3.63) is 21.1 Å². The molecule has 6 nitrogen and oxygen atoms in total. The van der Waals surface area contributed by atoms with Crippen LogP contribution in [0.15, 0.2) is 0 Å². The van der Waals surface area contributed by atoms with Crippen LogP contribution >= 0.6 is 0 Å². The molecule has 0 aliphatic heterocycles. The Morgan fingerprint density at radius 3 is 1.08 bits per heavy atom. The summed E-state index contributed by atoms with van der Waals surface area (Å²) in [7, 11) is 11.0. The molecule has 145 valence electrons. The summed E-state index contributed by atoms with van der Waals surface area (Å²) >= 11 is 0. The van der Waals surface area contributed by atoms with E-state index in [-0.39, 0.29) is 29.4 Å². The Hall–Kier alpha value is 0.344. The normalized spacial score (nSPS) is 12.2. The fraction of sp³-hybridized carbons (Fsp3) is 0.824. The first-order valence-electron chi connectivity index (χ1n) is 8.55. The van der Waals surface area contributed by atoms with E-state index >= 15 is 0 Å². The predicted octanol–water partition coefficient (Wildman–Crippen LogP) is -0.0712. The van der Waals surface area contributed by atoms with Gasteiger partial charge in [0.15, 0.2) is 0 Å². The largest absolute Gasteiger partial charge is 0.472 e. The number of hydrogen-bond acceptors (Lipinski definition) is 6. The van der Waals surface area contributed by atoms with Crippen LogP contribution in [0.25, 0.3) is 0 Å². The first-order valence-corrected chi connectivity index (χ1v) is 8.55. The summed E-state index contributed by atoms with van der Waals surface area (Å²) in [5.74, 6) is 0. The molecule has 0 rings (SSSR count). The topological polar surface area (TPSA) is 72.2 Å². The Morgan fingerprint density at radius 1 is 0.583 bits per heavy atom. The van der Waals surface area contributed by atoms with Gasteiger partial charge in [-0.1, -0.05) is 20.8 Å². The maximum Gasteiger partial charge on any atom is 0.0126 e. The minimum atomic E-state index is 0. The van der Waals surface area contributed by atoms with E-state index in [1.54, 1.807) is 0 Å². The predicted molar refractivity (Wildman–Crippen MR) is 101 cm³/mol. The Balaban J connectivity index is 0. The molecule has 0 bridgehead atoms. The van der Waals surface area contributed by atoms with Gasteiger partial charge in [-0.15, -0.1) is 0 Å². The first-order chi connectivity index (χ1) is 10.9. The van der Waals surface area contributed by atoms with Gasteiger partial charge < -0.3 is 31.9 Å². The van der Waals surface area contributed by atoms with Gasteiger partial charge in [-0.05, 0) is 25.0 Å². The first kappa shape index (κ1) is 26.6. The summed E-state index contributed by atoms with van der Waals surface area (Å²) in [4.78, 5) is 0. The van der Waals surface area contributed by atoms with E-state index in [1.807, 2.05) is 0 Å². The summed E-state index contributed by atoms with van der Waals surface area (Å²) in [6.45, 7) is 15.2. The Labute approximate surface area is 162 Å². The average molecular weight is 378 g/mol. The smallest absolute Gasteiger partial charge is 0.0126 e. The Bertz CT molecular complexity index is 239. The van der Waals surface area contributed by atoms with Crippen LogP contribution in [0.3, 0.4) is 0 Å². The molecule has 0 aromatic heterocycles. The van der Waals surface area contributed by atoms with Crippen molar-refractivity contribution >= 4 is 0 Å². The molecular weight excluding hydrogens is 339 g/mol. The minimum Gasteiger partial charge on any atom is -0.472 e. The van der Waals surface area contributed by atoms with E-state index in [0.29, 0.717) is 0 Å². The molecule has 0 spiro atoms. The summed E-state index contributed by atoms with van der Waals surface area (Å²) in [6, 6.07) is 0. The summed E-state index contributed by atoms with van der Waals surface area (Å²) in [5, 5.41) is 19.5. The van der Waals surface area contributed by atoms with Crippen molar-refractivity contribution in [2.75, 3.05) is 58.9 Å². The van der Waals surface area contributed by atoms with Gasteiger partial charge in [0, 0.05) is 63.2 Å². The van der Waals surface area contributed by atoms with E-state index in [2.05, 4.69) is 73.8 Å². The van der Waals surface area contributed by atoms with Crippen LogP contribution in [0, 0.1) is 32.0 Å². The average Bonchev–Trinajstić information content (AvgIpc) is 2.50.